The van der Waals surface area contributed by atoms with Crippen LogP contribution in [0.15, 0.2) is 53.5 Å². The van der Waals surface area contributed by atoms with Gasteiger partial charge in [-0.1, -0.05) is 18.2 Å². The van der Waals surface area contributed by atoms with Gasteiger partial charge in [0.2, 0.25) is 5.91 Å². The highest BCUT2D eigenvalue weighted by Crippen LogP contribution is 2.17. The van der Waals surface area contributed by atoms with E-state index in [9.17, 15) is 9.18 Å². The van der Waals surface area contributed by atoms with E-state index < -0.39 is 0 Å². The number of benzene rings is 2. The van der Waals surface area contributed by atoms with Gasteiger partial charge in [0, 0.05) is 12.7 Å². The first-order chi connectivity index (χ1) is 13.0. The molecule has 144 valence electrons. The van der Waals surface area contributed by atoms with Gasteiger partial charge >= 0.3 is 0 Å². The Morgan fingerprint density at radius 3 is 2.52 bits per heavy atom. The molecule has 2 aromatic rings. The number of aryl methyl sites for hydroxylation is 1. The SMILES string of the molecule is CN=C(NCC(=O)Nc1ccc(F)cc1)NCC(C)Oc1ccccc1C. The van der Waals surface area contributed by atoms with Gasteiger partial charge in [-0.05, 0) is 49.7 Å². The molecule has 0 spiro atoms. The predicted octanol–water partition coefficient (Wildman–Crippen LogP) is 2.71. The van der Waals surface area contributed by atoms with Crippen molar-refractivity contribution in [1.29, 1.82) is 0 Å². The molecule has 0 saturated carbocycles. The number of halogens is 1. The minimum absolute atomic E-state index is 0.0318. The van der Waals surface area contributed by atoms with Crippen molar-refractivity contribution in [2.45, 2.75) is 20.0 Å². The van der Waals surface area contributed by atoms with Crippen molar-refractivity contribution >= 4 is 17.6 Å². The van der Waals surface area contributed by atoms with Gasteiger partial charge in [-0.2, -0.15) is 0 Å². The molecule has 2 rings (SSSR count). The summed E-state index contributed by atoms with van der Waals surface area (Å²) >= 11 is 0. The van der Waals surface area contributed by atoms with E-state index in [1.54, 1.807) is 7.05 Å². The molecule has 3 N–H and O–H groups in total. The number of para-hydroxylation sites is 1. The number of nitrogens with zero attached hydrogens (tertiary/aromatic N) is 1. The first-order valence-corrected chi connectivity index (χ1v) is 8.70. The fraction of sp³-hybridized carbons (Fsp3) is 0.300. The Kier molecular flexibility index (Phi) is 7.61. The Morgan fingerprint density at radius 1 is 1.15 bits per heavy atom. The molecule has 6 nitrogen and oxygen atoms in total. The highest BCUT2D eigenvalue weighted by atomic mass is 19.1. The van der Waals surface area contributed by atoms with Crippen LogP contribution in [0.4, 0.5) is 10.1 Å². The lowest BCUT2D eigenvalue weighted by atomic mass is 10.2. The summed E-state index contributed by atoms with van der Waals surface area (Å²) in [4.78, 5) is 16.0. The van der Waals surface area contributed by atoms with Gasteiger partial charge in [0.25, 0.3) is 0 Å². The zero-order valence-electron chi connectivity index (χ0n) is 15.8. The van der Waals surface area contributed by atoms with Crippen LogP contribution in [0.2, 0.25) is 0 Å². The van der Waals surface area contributed by atoms with Crippen LogP contribution in [0.25, 0.3) is 0 Å². The van der Waals surface area contributed by atoms with Crippen LogP contribution in [-0.4, -0.2) is 38.1 Å². The van der Waals surface area contributed by atoms with Gasteiger partial charge in [0.05, 0.1) is 13.1 Å². The molecule has 0 saturated heterocycles. The molecule has 0 aromatic heterocycles. The van der Waals surface area contributed by atoms with E-state index in [4.69, 9.17) is 4.74 Å². The average molecular weight is 372 g/mol. The third kappa shape index (κ3) is 6.97. The Labute approximate surface area is 158 Å². The molecular formula is C20H25FN4O2. The number of rotatable bonds is 7. The Balaban J connectivity index is 1.74. The summed E-state index contributed by atoms with van der Waals surface area (Å²) in [7, 11) is 1.63. The van der Waals surface area contributed by atoms with E-state index in [2.05, 4.69) is 20.9 Å². The molecule has 0 aliphatic heterocycles. The van der Waals surface area contributed by atoms with Crippen LogP contribution in [0.1, 0.15) is 12.5 Å². The lowest BCUT2D eigenvalue weighted by Crippen LogP contribution is -2.44. The molecule has 1 unspecified atom stereocenters. The molecule has 0 bridgehead atoms. The number of nitrogens with one attached hydrogen (secondary N) is 3. The second kappa shape index (κ2) is 10.2. The van der Waals surface area contributed by atoms with Crippen LogP contribution in [0, 0.1) is 12.7 Å². The Morgan fingerprint density at radius 2 is 1.85 bits per heavy atom. The number of amides is 1. The summed E-state index contributed by atoms with van der Waals surface area (Å²) in [5.74, 6) is 0.726. The van der Waals surface area contributed by atoms with Gasteiger partial charge in [0.15, 0.2) is 5.96 Å². The zero-order chi connectivity index (χ0) is 19.6. The molecule has 1 amide bonds. The number of anilines is 1. The second-order valence-corrected chi connectivity index (χ2v) is 6.06. The third-order valence-corrected chi connectivity index (χ3v) is 3.75. The van der Waals surface area contributed by atoms with Crippen molar-refractivity contribution in [2.75, 3.05) is 25.5 Å². The van der Waals surface area contributed by atoms with Gasteiger partial charge in [-0.25, -0.2) is 4.39 Å². The first-order valence-electron chi connectivity index (χ1n) is 8.70. The molecule has 0 aliphatic carbocycles. The number of hydrogen-bond donors (Lipinski definition) is 3. The number of guanidine groups is 1. The van der Waals surface area contributed by atoms with E-state index in [-0.39, 0.29) is 24.4 Å². The van der Waals surface area contributed by atoms with Crippen molar-refractivity contribution in [3.05, 3.63) is 59.9 Å². The van der Waals surface area contributed by atoms with Crippen LogP contribution < -0.4 is 20.7 Å². The standard InChI is InChI=1S/C20H25FN4O2/c1-14-6-4-5-7-18(14)27-15(2)12-23-20(22-3)24-13-19(26)25-17-10-8-16(21)9-11-17/h4-11,15H,12-13H2,1-3H3,(H,25,26)(H2,22,23,24). The van der Waals surface area contributed by atoms with E-state index >= 15 is 0 Å². The lowest BCUT2D eigenvalue weighted by molar-refractivity contribution is -0.115. The quantitative estimate of drug-likeness (QED) is 0.516. The van der Waals surface area contributed by atoms with Crippen LogP contribution >= 0.6 is 0 Å². The van der Waals surface area contributed by atoms with Crippen LogP contribution in [-0.2, 0) is 4.79 Å². The maximum absolute atomic E-state index is 12.9. The van der Waals surface area contributed by atoms with E-state index in [0.717, 1.165) is 11.3 Å². The van der Waals surface area contributed by atoms with Gasteiger partial charge in [0.1, 0.15) is 17.7 Å². The minimum atomic E-state index is -0.349. The summed E-state index contributed by atoms with van der Waals surface area (Å²) in [5, 5.41) is 8.73. The molecule has 7 heteroatoms. The fourth-order valence-corrected chi connectivity index (χ4v) is 2.31. The highest BCUT2D eigenvalue weighted by molar-refractivity contribution is 5.94. The molecule has 1 atom stereocenters. The van der Waals surface area contributed by atoms with Crippen LogP contribution in [0.3, 0.4) is 0 Å². The number of ether oxygens (including phenoxy) is 1. The zero-order valence-corrected chi connectivity index (χ0v) is 15.8. The van der Waals surface area contributed by atoms with Gasteiger partial charge < -0.3 is 20.7 Å². The summed E-state index contributed by atoms with van der Waals surface area (Å²) in [5.41, 5.74) is 1.61. The van der Waals surface area contributed by atoms with Gasteiger partial charge in [-0.15, -0.1) is 0 Å². The first kappa shape index (κ1) is 20.2. The van der Waals surface area contributed by atoms with Crippen molar-refractivity contribution in [1.82, 2.24) is 10.6 Å². The smallest absolute Gasteiger partial charge is 0.243 e. The average Bonchev–Trinajstić information content (AvgIpc) is 2.65. The third-order valence-electron chi connectivity index (χ3n) is 3.75. The maximum Gasteiger partial charge on any atom is 0.243 e. The van der Waals surface area contributed by atoms with Crippen molar-refractivity contribution in [2.24, 2.45) is 4.99 Å². The van der Waals surface area contributed by atoms with E-state index in [1.807, 2.05) is 38.1 Å². The fourth-order valence-electron chi connectivity index (χ4n) is 2.31. The largest absolute Gasteiger partial charge is 0.489 e. The van der Waals surface area contributed by atoms with Crippen molar-refractivity contribution in [3.63, 3.8) is 0 Å². The number of carbonyl (C=O) groups excluding carboxylic acids is 1. The number of aliphatic imine (C=N–C) groups is 1. The van der Waals surface area contributed by atoms with Crippen LogP contribution in [0.5, 0.6) is 5.75 Å². The molecular weight excluding hydrogens is 347 g/mol. The normalized spacial score (nSPS) is 12.2. The maximum atomic E-state index is 12.9. The number of hydrogen-bond acceptors (Lipinski definition) is 3. The summed E-state index contributed by atoms with van der Waals surface area (Å²) in [6, 6.07) is 13.4. The minimum Gasteiger partial charge on any atom is -0.489 e. The highest BCUT2D eigenvalue weighted by Gasteiger charge is 2.08. The topological polar surface area (TPSA) is 74.8 Å². The molecule has 2 aromatic carbocycles. The van der Waals surface area contributed by atoms with Crippen molar-refractivity contribution in [3.8, 4) is 5.75 Å². The Bertz CT molecular complexity index is 778. The molecule has 0 aliphatic rings. The molecule has 27 heavy (non-hydrogen) atoms. The summed E-state index contributed by atoms with van der Waals surface area (Å²) < 4.78 is 18.8. The lowest BCUT2D eigenvalue weighted by Gasteiger charge is -2.18. The van der Waals surface area contributed by atoms with Crippen molar-refractivity contribution < 1.29 is 13.9 Å². The summed E-state index contributed by atoms with van der Waals surface area (Å²) in [6.07, 6.45) is -0.0855. The monoisotopic (exact) mass is 372 g/mol. The van der Waals surface area contributed by atoms with Gasteiger partial charge in [-0.3, -0.25) is 9.79 Å². The molecule has 0 fully saturated rings. The van der Waals surface area contributed by atoms with E-state index in [0.29, 0.717) is 18.2 Å². The second-order valence-electron chi connectivity index (χ2n) is 6.06. The summed E-state index contributed by atoms with van der Waals surface area (Å²) in [6.45, 7) is 4.50. The predicted molar refractivity (Wildman–Crippen MR) is 106 cm³/mol. The Hall–Kier alpha value is -3.09. The van der Waals surface area contributed by atoms with E-state index in [1.165, 1.54) is 24.3 Å². The molecule has 0 heterocycles. The molecule has 0 radical (unpaired) electrons. The number of carbonyl (C=O) groups is 1.